The lowest BCUT2D eigenvalue weighted by Crippen LogP contribution is -2.28. The van der Waals surface area contributed by atoms with Crippen LogP contribution >= 0.6 is 7.14 Å². The summed E-state index contributed by atoms with van der Waals surface area (Å²) < 4.78 is 14.8. The third-order valence-electron chi connectivity index (χ3n) is 4.89. The van der Waals surface area contributed by atoms with Crippen LogP contribution in [0, 0.1) is 0 Å². The van der Waals surface area contributed by atoms with Crippen molar-refractivity contribution < 1.29 is 4.57 Å². The molecular weight excluding hydrogens is 363 g/mol. The van der Waals surface area contributed by atoms with Gasteiger partial charge in [0.05, 0.1) is 16.5 Å². The van der Waals surface area contributed by atoms with Crippen LogP contribution in [0.5, 0.6) is 0 Å². The zero-order valence-electron chi connectivity index (χ0n) is 15.9. The first-order valence-corrected chi connectivity index (χ1v) is 11.3. The molecule has 0 bridgehead atoms. The molecule has 3 aromatic carbocycles. The second-order valence-electron chi connectivity index (χ2n) is 6.74. The summed E-state index contributed by atoms with van der Waals surface area (Å²) in [6.07, 6.45) is 2.78. The van der Waals surface area contributed by atoms with Crippen LogP contribution in [0.25, 0.3) is 10.9 Å². The van der Waals surface area contributed by atoms with Gasteiger partial charge in [-0.15, -0.1) is 0 Å². The number of nitrogens with one attached hydrogen (secondary N) is 1. The van der Waals surface area contributed by atoms with Crippen LogP contribution in [0.15, 0.2) is 91.1 Å². The summed E-state index contributed by atoms with van der Waals surface area (Å²) in [5.41, 5.74) is 1.82. The molecule has 28 heavy (non-hydrogen) atoms. The fourth-order valence-corrected chi connectivity index (χ4v) is 6.28. The highest BCUT2D eigenvalue weighted by Crippen LogP contribution is 2.45. The zero-order valence-corrected chi connectivity index (χ0v) is 16.8. The Morgan fingerprint density at radius 2 is 1.39 bits per heavy atom. The van der Waals surface area contributed by atoms with E-state index in [1.165, 1.54) is 0 Å². The molecule has 0 amide bonds. The first kappa shape index (κ1) is 18.5. The highest BCUT2D eigenvalue weighted by atomic mass is 31.2. The summed E-state index contributed by atoms with van der Waals surface area (Å²) in [7, 11) is -3.08. The van der Waals surface area contributed by atoms with Gasteiger partial charge in [0, 0.05) is 28.7 Å². The fraction of sp³-hybridized carbons (Fsp3) is 0.125. The fourth-order valence-electron chi connectivity index (χ4n) is 3.51. The molecule has 1 aromatic heterocycles. The molecule has 4 heteroatoms. The van der Waals surface area contributed by atoms with Gasteiger partial charge in [0.15, 0.2) is 7.14 Å². The number of benzene rings is 3. The number of rotatable bonds is 6. The van der Waals surface area contributed by atoms with Crippen molar-refractivity contribution in [3.05, 3.63) is 91.1 Å². The van der Waals surface area contributed by atoms with Gasteiger partial charge >= 0.3 is 0 Å². The van der Waals surface area contributed by atoms with Crippen molar-refractivity contribution in [2.24, 2.45) is 0 Å². The summed E-state index contributed by atoms with van der Waals surface area (Å²) in [4.78, 5) is 4.65. The van der Waals surface area contributed by atoms with Crippen LogP contribution in [0.1, 0.15) is 13.3 Å². The highest BCUT2D eigenvalue weighted by Gasteiger charge is 2.33. The van der Waals surface area contributed by atoms with Gasteiger partial charge in [0.2, 0.25) is 0 Å². The first-order valence-electron chi connectivity index (χ1n) is 9.58. The number of nitrogens with zero attached hydrogens (tertiary/aromatic N) is 1. The third kappa shape index (κ3) is 3.23. The summed E-state index contributed by atoms with van der Waals surface area (Å²) in [5, 5.41) is 6.94. The SMILES string of the molecule is CCCNc1c(P(=O)(c2ccccc2)c2ccccc2)cnc2ccccc12. The van der Waals surface area contributed by atoms with Crippen molar-refractivity contribution in [3.8, 4) is 0 Å². The minimum atomic E-state index is -3.08. The molecule has 0 spiro atoms. The van der Waals surface area contributed by atoms with E-state index in [1.54, 1.807) is 6.20 Å². The standard InChI is InChI=1S/C24H23N2OP/c1-2-17-25-24-21-15-9-10-16-22(21)26-18-23(24)28(27,19-11-5-3-6-12-19)20-13-7-4-8-14-20/h3-16,18H,2,17H2,1H3,(H,25,26). The quantitative estimate of drug-likeness (QED) is 0.489. The molecule has 0 aliphatic heterocycles. The Labute approximate surface area is 165 Å². The lowest BCUT2D eigenvalue weighted by atomic mass is 10.2. The second kappa shape index (κ2) is 8.00. The maximum atomic E-state index is 14.8. The van der Waals surface area contributed by atoms with E-state index in [-0.39, 0.29) is 0 Å². The lowest BCUT2D eigenvalue weighted by Gasteiger charge is -2.24. The molecule has 140 valence electrons. The van der Waals surface area contributed by atoms with Gasteiger partial charge in [0.1, 0.15) is 0 Å². The zero-order chi connectivity index (χ0) is 19.4. The van der Waals surface area contributed by atoms with Crippen molar-refractivity contribution in [1.29, 1.82) is 0 Å². The van der Waals surface area contributed by atoms with Crippen LogP contribution in [-0.2, 0) is 4.57 Å². The second-order valence-corrected chi connectivity index (χ2v) is 9.48. The Balaban J connectivity index is 2.05. The van der Waals surface area contributed by atoms with E-state index in [9.17, 15) is 4.57 Å². The smallest absolute Gasteiger partial charge is 0.174 e. The molecule has 1 N–H and O–H groups in total. The largest absolute Gasteiger partial charge is 0.384 e. The van der Waals surface area contributed by atoms with Crippen molar-refractivity contribution >= 4 is 39.6 Å². The van der Waals surface area contributed by atoms with Crippen molar-refractivity contribution in [3.63, 3.8) is 0 Å². The number of fused-ring (bicyclic) bond motifs is 1. The Morgan fingerprint density at radius 3 is 2.00 bits per heavy atom. The Hall–Kier alpha value is -2.90. The average molecular weight is 386 g/mol. The van der Waals surface area contributed by atoms with E-state index in [4.69, 9.17) is 0 Å². The summed E-state index contributed by atoms with van der Waals surface area (Å²) in [6, 6.07) is 27.5. The maximum absolute atomic E-state index is 14.8. The van der Waals surface area contributed by atoms with E-state index in [0.717, 1.165) is 45.5 Å². The molecule has 0 saturated heterocycles. The Morgan fingerprint density at radius 1 is 0.821 bits per heavy atom. The maximum Gasteiger partial charge on any atom is 0.174 e. The monoisotopic (exact) mass is 386 g/mol. The van der Waals surface area contributed by atoms with Crippen LogP contribution in [0.2, 0.25) is 0 Å². The van der Waals surface area contributed by atoms with Gasteiger partial charge in [-0.3, -0.25) is 4.98 Å². The van der Waals surface area contributed by atoms with Gasteiger partial charge in [-0.25, -0.2) is 0 Å². The molecular formula is C24H23N2OP. The number of para-hydroxylation sites is 1. The molecule has 0 atom stereocenters. The molecule has 4 aromatic rings. The molecule has 0 aliphatic rings. The van der Waals surface area contributed by atoms with E-state index in [1.807, 2.05) is 84.9 Å². The number of pyridine rings is 1. The van der Waals surface area contributed by atoms with Gasteiger partial charge in [-0.2, -0.15) is 0 Å². The predicted octanol–water partition coefficient (Wildman–Crippen LogP) is 4.70. The van der Waals surface area contributed by atoms with Gasteiger partial charge in [0.25, 0.3) is 0 Å². The van der Waals surface area contributed by atoms with Gasteiger partial charge in [-0.1, -0.05) is 85.8 Å². The van der Waals surface area contributed by atoms with Crippen LogP contribution in [0.4, 0.5) is 5.69 Å². The summed E-state index contributed by atoms with van der Waals surface area (Å²) in [5.74, 6) is 0. The number of hydrogen-bond donors (Lipinski definition) is 1. The topological polar surface area (TPSA) is 42.0 Å². The molecule has 4 rings (SSSR count). The van der Waals surface area contributed by atoms with Crippen molar-refractivity contribution in [2.75, 3.05) is 11.9 Å². The van der Waals surface area contributed by atoms with Gasteiger partial charge in [-0.05, 0) is 12.5 Å². The third-order valence-corrected chi connectivity index (χ3v) is 7.95. The highest BCUT2D eigenvalue weighted by molar-refractivity contribution is 7.85. The lowest BCUT2D eigenvalue weighted by molar-refractivity contribution is 0.592. The minimum absolute atomic E-state index is 0.761. The van der Waals surface area contributed by atoms with Crippen LogP contribution in [-0.4, -0.2) is 11.5 Å². The number of anilines is 1. The van der Waals surface area contributed by atoms with Crippen molar-refractivity contribution in [1.82, 2.24) is 4.98 Å². The van der Waals surface area contributed by atoms with E-state index < -0.39 is 7.14 Å². The normalized spacial score (nSPS) is 11.5. The molecule has 0 saturated carbocycles. The first-order chi connectivity index (χ1) is 13.7. The van der Waals surface area contributed by atoms with Crippen LogP contribution < -0.4 is 21.2 Å². The average Bonchev–Trinajstić information content (AvgIpc) is 2.78. The Kier molecular flexibility index (Phi) is 5.27. The number of hydrogen-bond acceptors (Lipinski definition) is 3. The minimum Gasteiger partial charge on any atom is -0.384 e. The molecule has 0 aliphatic carbocycles. The van der Waals surface area contributed by atoms with Crippen LogP contribution in [0.3, 0.4) is 0 Å². The molecule has 0 fully saturated rings. The van der Waals surface area contributed by atoms with Crippen molar-refractivity contribution in [2.45, 2.75) is 13.3 Å². The predicted molar refractivity (Wildman–Crippen MR) is 120 cm³/mol. The van der Waals surface area contributed by atoms with Gasteiger partial charge < -0.3 is 9.88 Å². The Bertz CT molecular complexity index is 1080. The summed E-state index contributed by atoms with van der Waals surface area (Å²) >= 11 is 0. The molecule has 1 heterocycles. The molecule has 3 nitrogen and oxygen atoms in total. The van der Waals surface area contributed by atoms with E-state index in [2.05, 4.69) is 17.2 Å². The molecule has 0 radical (unpaired) electrons. The summed E-state index contributed by atoms with van der Waals surface area (Å²) in [6.45, 7) is 2.94. The number of aromatic nitrogens is 1. The van der Waals surface area contributed by atoms with E-state index >= 15 is 0 Å². The molecule has 0 unspecified atom stereocenters. The van der Waals surface area contributed by atoms with E-state index in [0.29, 0.717) is 0 Å².